The second-order valence-corrected chi connectivity index (χ2v) is 7.45. The lowest BCUT2D eigenvalue weighted by molar-refractivity contribution is 0.0991. The van der Waals surface area contributed by atoms with Gasteiger partial charge in [-0.2, -0.15) is 0 Å². The van der Waals surface area contributed by atoms with Gasteiger partial charge in [0, 0.05) is 0 Å². The Kier molecular flexibility index (Phi) is 5.84. The molecule has 7 nitrogen and oxygen atoms in total. The van der Waals surface area contributed by atoms with Crippen LogP contribution in [-0.2, 0) is 13.2 Å². The van der Waals surface area contributed by atoms with E-state index in [0.717, 1.165) is 16.9 Å². The van der Waals surface area contributed by atoms with Crippen molar-refractivity contribution < 1.29 is 13.9 Å². The summed E-state index contributed by atoms with van der Waals surface area (Å²) in [7, 11) is 0. The lowest BCUT2D eigenvalue weighted by Gasteiger charge is -2.06. The molecular weight excluding hydrogens is 392 g/mol. The minimum atomic E-state index is -0.411. The summed E-state index contributed by atoms with van der Waals surface area (Å²) in [6, 6.07) is 17.3. The molecule has 0 aliphatic heterocycles. The largest absolute Gasteiger partial charge is 0.486 e. The van der Waals surface area contributed by atoms with Crippen LogP contribution in [0.3, 0.4) is 0 Å². The Morgan fingerprint density at radius 1 is 1.03 bits per heavy atom. The van der Waals surface area contributed by atoms with E-state index in [2.05, 4.69) is 22.3 Å². The Bertz CT molecular complexity index is 1210. The van der Waals surface area contributed by atoms with Crippen molar-refractivity contribution in [3.05, 3.63) is 94.7 Å². The summed E-state index contributed by atoms with van der Waals surface area (Å²) in [6.45, 7) is 6.95. The van der Waals surface area contributed by atoms with Gasteiger partial charge in [-0.15, -0.1) is 5.10 Å². The van der Waals surface area contributed by atoms with Gasteiger partial charge in [0.1, 0.15) is 24.4 Å². The zero-order valence-corrected chi connectivity index (χ0v) is 17.8. The number of anilines is 1. The van der Waals surface area contributed by atoms with Crippen LogP contribution in [0.4, 0.5) is 5.95 Å². The van der Waals surface area contributed by atoms with E-state index in [4.69, 9.17) is 9.15 Å². The molecule has 1 amide bonds. The van der Waals surface area contributed by atoms with E-state index < -0.39 is 5.91 Å². The number of aromatic nitrogens is 3. The van der Waals surface area contributed by atoms with Crippen LogP contribution in [0.2, 0.25) is 0 Å². The fourth-order valence-corrected chi connectivity index (χ4v) is 3.09. The number of carbonyl (C=O) groups is 1. The van der Waals surface area contributed by atoms with E-state index >= 15 is 0 Å². The predicted molar refractivity (Wildman–Crippen MR) is 117 cm³/mol. The first-order chi connectivity index (χ1) is 15.0. The van der Waals surface area contributed by atoms with Crippen molar-refractivity contribution in [2.24, 2.45) is 0 Å². The fraction of sp³-hybridized carbons (Fsp3) is 0.208. The summed E-state index contributed by atoms with van der Waals surface area (Å²) in [5.41, 5.74) is 4.69. The number of furan rings is 1. The molecule has 0 spiro atoms. The van der Waals surface area contributed by atoms with Gasteiger partial charge in [-0.05, 0) is 67.3 Å². The Balaban J connectivity index is 1.34. The highest BCUT2D eigenvalue weighted by Gasteiger charge is 2.14. The minimum Gasteiger partial charge on any atom is -0.486 e. The van der Waals surface area contributed by atoms with E-state index in [1.807, 2.05) is 56.3 Å². The van der Waals surface area contributed by atoms with Crippen LogP contribution < -0.4 is 10.1 Å². The number of benzene rings is 2. The van der Waals surface area contributed by atoms with Crippen molar-refractivity contribution in [1.29, 1.82) is 0 Å². The topological polar surface area (TPSA) is 82.2 Å². The molecule has 1 N–H and O–H groups in total. The molecule has 0 aliphatic carbocycles. The quantitative estimate of drug-likeness (QED) is 0.473. The number of carbonyl (C=O) groups excluding carboxylic acids is 1. The molecule has 7 heteroatoms. The Morgan fingerprint density at radius 2 is 1.87 bits per heavy atom. The maximum atomic E-state index is 12.5. The van der Waals surface area contributed by atoms with Crippen LogP contribution in [0, 0.1) is 20.8 Å². The van der Waals surface area contributed by atoms with Crippen molar-refractivity contribution in [2.45, 2.75) is 33.9 Å². The smallest absolute Gasteiger partial charge is 0.293 e. The van der Waals surface area contributed by atoms with Gasteiger partial charge in [0.2, 0.25) is 5.95 Å². The summed E-state index contributed by atoms with van der Waals surface area (Å²) in [5.74, 6) is 1.30. The lowest BCUT2D eigenvalue weighted by Crippen LogP contribution is -2.12. The van der Waals surface area contributed by atoms with Crippen LogP contribution in [0.25, 0.3) is 0 Å². The number of hydrogen-bond acceptors (Lipinski definition) is 5. The van der Waals surface area contributed by atoms with E-state index in [9.17, 15) is 4.79 Å². The molecule has 2 heterocycles. The van der Waals surface area contributed by atoms with Crippen LogP contribution in [0.15, 0.2) is 65.3 Å². The van der Waals surface area contributed by atoms with Gasteiger partial charge in [0.15, 0.2) is 5.76 Å². The number of rotatable bonds is 7. The summed E-state index contributed by atoms with van der Waals surface area (Å²) in [5, 5.41) is 6.98. The minimum absolute atomic E-state index is 0.175. The van der Waals surface area contributed by atoms with Gasteiger partial charge in [-0.3, -0.25) is 10.1 Å². The highest BCUT2D eigenvalue weighted by Crippen LogP contribution is 2.19. The third kappa shape index (κ3) is 5.01. The first-order valence-corrected chi connectivity index (χ1v) is 10.0. The third-order valence-corrected chi connectivity index (χ3v) is 5.10. The van der Waals surface area contributed by atoms with Crippen LogP contribution in [0.5, 0.6) is 5.75 Å². The van der Waals surface area contributed by atoms with Crippen molar-refractivity contribution in [3.63, 3.8) is 0 Å². The van der Waals surface area contributed by atoms with Gasteiger partial charge >= 0.3 is 0 Å². The molecule has 0 bridgehead atoms. The molecule has 0 unspecified atom stereocenters. The Labute approximate surface area is 180 Å². The third-order valence-electron chi connectivity index (χ3n) is 5.10. The van der Waals surface area contributed by atoms with Gasteiger partial charge in [0.05, 0.1) is 6.54 Å². The standard InChI is InChI=1S/C24H24N4O3/c1-16-8-9-20(12-18(16)3)30-14-21-10-11-22(31-21)23(29)26-24-25-15-28(27-24)13-19-7-5-4-6-17(19)2/h4-12,15H,13-14H2,1-3H3,(H,26,27,29). The maximum Gasteiger partial charge on any atom is 0.293 e. The molecule has 0 fully saturated rings. The fourth-order valence-electron chi connectivity index (χ4n) is 3.09. The maximum absolute atomic E-state index is 12.5. The Morgan fingerprint density at radius 3 is 2.68 bits per heavy atom. The first kappa shape index (κ1) is 20.4. The van der Waals surface area contributed by atoms with E-state index in [-0.39, 0.29) is 18.3 Å². The molecule has 0 atom stereocenters. The van der Waals surface area contributed by atoms with E-state index in [1.165, 1.54) is 11.1 Å². The number of ether oxygens (including phenoxy) is 1. The highest BCUT2D eigenvalue weighted by molar-refractivity contribution is 6.01. The second kappa shape index (κ2) is 8.87. The summed E-state index contributed by atoms with van der Waals surface area (Å²) >= 11 is 0. The molecule has 0 saturated carbocycles. The van der Waals surface area contributed by atoms with Gasteiger partial charge in [0.25, 0.3) is 5.91 Å². The zero-order valence-electron chi connectivity index (χ0n) is 17.8. The molecule has 0 aliphatic rings. The molecule has 31 heavy (non-hydrogen) atoms. The molecule has 4 aromatic rings. The number of aryl methyl sites for hydroxylation is 3. The van der Waals surface area contributed by atoms with Crippen molar-refractivity contribution in [2.75, 3.05) is 5.32 Å². The SMILES string of the molecule is Cc1ccc(OCc2ccc(C(=O)Nc3ncn(Cc4ccccc4C)n3)o2)cc1C. The summed E-state index contributed by atoms with van der Waals surface area (Å²) in [4.78, 5) is 16.6. The van der Waals surface area contributed by atoms with Crippen molar-refractivity contribution in [3.8, 4) is 5.75 Å². The summed E-state index contributed by atoms with van der Waals surface area (Å²) < 4.78 is 13.1. The zero-order chi connectivity index (χ0) is 21.8. The number of hydrogen-bond donors (Lipinski definition) is 1. The monoisotopic (exact) mass is 416 g/mol. The molecule has 2 aromatic heterocycles. The van der Waals surface area contributed by atoms with Gasteiger partial charge in [-0.25, -0.2) is 9.67 Å². The predicted octanol–water partition coefficient (Wildman–Crippen LogP) is 4.68. The molecule has 2 aromatic carbocycles. The number of nitrogens with one attached hydrogen (secondary N) is 1. The van der Waals surface area contributed by atoms with Crippen LogP contribution >= 0.6 is 0 Å². The number of amides is 1. The van der Waals surface area contributed by atoms with Crippen molar-refractivity contribution >= 4 is 11.9 Å². The molecule has 4 rings (SSSR count). The number of nitrogens with zero attached hydrogens (tertiary/aromatic N) is 3. The molecule has 0 saturated heterocycles. The van der Waals surface area contributed by atoms with E-state index in [1.54, 1.807) is 23.1 Å². The Hall–Kier alpha value is -3.87. The second-order valence-electron chi connectivity index (χ2n) is 7.45. The van der Waals surface area contributed by atoms with E-state index in [0.29, 0.717) is 12.3 Å². The summed E-state index contributed by atoms with van der Waals surface area (Å²) in [6.07, 6.45) is 1.59. The van der Waals surface area contributed by atoms with Crippen LogP contribution in [0.1, 0.15) is 38.6 Å². The average molecular weight is 416 g/mol. The molecular formula is C24H24N4O3. The van der Waals surface area contributed by atoms with Gasteiger partial charge in [-0.1, -0.05) is 30.3 Å². The van der Waals surface area contributed by atoms with Crippen LogP contribution in [-0.4, -0.2) is 20.7 Å². The average Bonchev–Trinajstić information content (AvgIpc) is 3.40. The normalized spacial score (nSPS) is 10.8. The van der Waals surface area contributed by atoms with Gasteiger partial charge < -0.3 is 9.15 Å². The molecule has 158 valence electrons. The first-order valence-electron chi connectivity index (χ1n) is 10.0. The molecule has 0 radical (unpaired) electrons. The lowest BCUT2D eigenvalue weighted by atomic mass is 10.1. The highest BCUT2D eigenvalue weighted by atomic mass is 16.5. The van der Waals surface area contributed by atoms with Crippen molar-refractivity contribution in [1.82, 2.24) is 14.8 Å².